The third-order valence-corrected chi connectivity index (χ3v) is 5.74. The van der Waals surface area contributed by atoms with Crippen LogP contribution in [0.3, 0.4) is 0 Å². The number of hydrogen-bond acceptors (Lipinski definition) is 5. The second kappa shape index (κ2) is 18.9. The van der Waals surface area contributed by atoms with Crippen molar-refractivity contribution in [2.24, 2.45) is 0 Å². The van der Waals surface area contributed by atoms with Gasteiger partial charge in [0.25, 0.3) is 0 Å². The van der Waals surface area contributed by atoms with Crippen LogP contribution in [0.25, 0.3) is 6.08 Å². The number of ether oxygens (including phenoxy) is 1. The summed E-state index contributed by atoms with van der Waals surface area (Å²) in [6, 6.07) is 20.2. The fourth-order valence-electron chi connectivity index (χ4n) is 2.77. The van der Waals surface area contributed by atoms with Crippen LogP contribution in [0, 0.1) is 36.0 Å². The van der Waals surface area contributed by atoms with Crippen LogP contribution in [0.5, 0.6) is 0 Å². The number of benzene rings is 2. The number of esters is 1. The fraction of sp³-hybridized carbons (Fsp3) is 0.0303. The van der Waals surface area contributed by atoms with Crippen molar-refractivity contribution in [3.8, 4) is 36.0 Å². The Bertz CT molecular complexity index is 1720. The van der Waals surface area contributed by atoms with Gasteiger partial charge >= 0.3 is 11.9 Å². The number of pyridine rings is 2. The maximum atomic E-state index is 11.1. The minimum Gasteiger partial charge on any atom is -0.478 e. The summed E-state index contributed by atoms with van der Waals surface area (Å²) in [4.78, 5) is 29.4. The Morgan fingerprint density at radius 1 is 0.791 bits per heavy atom. The minimum atomic E-state index is -0.959. The van der Waals surface area contributed by atoms with Crippen molar-refractivity contribution in [3.63, 3.8) is 0 Å². The number of halogens is 4. The number of carbonyl (C=O) groups excluding carboxylic acids is 1. The van der Waals surface area contributed by atoms with Gasteiger partial charge in [-0.25, -0.2) is 19.6 Å². The molecule has 0 fully saturated rings. The average molecular weight is 739 g/mol. The molecule has 2 aromatic heterocycles. The van der Waals surface area contributed by atoms with Gasteiger partial charge in [-0.1, -0.05) is 53.1 Å². The predicted octanol–water partition coefficient (Wildman–Crippen LogP) is 8.11. The van der Waals surface area contributed by atoms with E-state index in [9.17, 15) is 9.59 Å². The Morgan fingerprint density at radius 3 is 1.72 bits per heavy atom. The Morgan fingerprint density at radius 2 is 1.28 bits per heavy atom. The smallest absolute Gasteiger partial charge is 0.337 e. The summed E-state index contributed by atoms with van der Waals surface area (Å²) in [7, 11) is 1.37. The van der Waals surface area contributed by atoms with E-state index in [0.717, 1.165) is 20.1 Å². The minimum absolute atomic E-state index is 0.230. The molecule has 0 bridgehead atoms. The molecule has 0 aliphatic heterocycles. The lowest BCUT2D eigenvalue weighted by atomic mass is 10.1. The molecular weight excluding hydrogens is 719 g/mol. The van der Waals surface area contributed by atoms with E-state index in [-0.39, 0.29) is 11.5 Å². The molecule has 10 heteroatoms. The number of carboxylic acid groups (broad SMARTS) is 1. The monoisotopic (exact) mass is 736 g/mol. The van der Waals surface area contributed by atoms with E-state index in [0.29, 0.717) is 21.4 Å². The normalized spacial score (nSPS) is 8.93. The molecule has 0 amide bonds. The van der Waals surface area contributed by atoms with Crippen LogP contribution in [0.4, 0.5) is 0 Å². The summed E-state index contributed by atoms with van der Waals surface area (Å²) in [5, 5.41) is 9.65. The summed E-state index contributed by atoms with van der Waals surface area (Å²) in [6.07, 6.45) is 10.1. The molecule has 0 saturated heterocycles. The lowest BCUT2D eigenvalue weighted by Crippen LogP contribution is -2.00. The zero-order chi connectivity index (χ0) is 31.6. The topological polar surface area (TPSA) is 89.4 Å². The molecule has 0 atom stereocenters. The first-order valence-electron chi connectivity index (χ1n) is 11.9. The SMILES string of the molecule is C#Cc1ccc(Cl)nc1.COC(=O)c1ccc(C=C(Br)Br)cc1.O=C(O)c1ccc(C#CC#Cc2ccc(Cl)nc2)cc1. The van der Waals surface area contributed by atoms with Crippen LogP contribution >= 0.6 is 55.1 Å². The third-order valence-electron chi connectivity index (χ3n) is 4.84. The zero-order valence-corrected chi connectivity index (χ0v) is 27.0. The molecule has 0 aliphatic carbocycles. The Kier molecular flexibility index (Phi) is 15.4. The Balaban J connectivity index is 0.000000244. The average Bonchev–Trinajstić information content (AvgIpc) is 3.01. The number of rotatable bonds is 3. The second-order valence-electron chi connectivity index (χ2n) is 7.81. The standard InChI is InChI=1S/C16H8ClNO2.C10H8Br2O2.C7H4ClN/c17-15-10-7-13(11-18-15)4-2-1-3-12-5-8-14(9-6-12)16(19)20;1-14-10(13)8-4-2-7(3-5-8)6-9(11)12;1-2-6-3-4-7(8)9-5-6/h5-11H,(H,19,20);2-6H,1H3;1,3-5H. The van der Waals surface area contributed by atoms with Crippen molar-refractivity contribution in [2.75, 3.05) is 7.11 Å². The molecule has 2 heterocycles. The van der Waals surface area contributed by atoms with E-state index >= 15 is 0 Å². The highest BCUT2D eigenvalue weighted by Crippen LogP contribution is 2.18. The second-order valence-corrected chi connectivity index (χ2v) is 11.4. The molecule has 0 radical (unpaired) electrons. The predicted molar refractivity (Wildman–Crippen MR) is 177 cm³/mol. The van der Waals surface area contributed by atoms with Crippen molar-refractivity contribution in [1.29, 1.82) is 0 Å². The highest BCUT2D eigenvalue weighted by atomic mass is 79.9. The lowest BCUT2D eigenvalue weighted by Gasteiger charge is -1.99. The quantitative estimate of drug-likeness (QED) is 0.130. The molecule has 214 valence electrons. The maximum absolute atomic E-state index is 11.1. The molecule has 0 saturated carbocycles. The first-order chi connectivity index (χ1) is 20.6. The summed E-state index contributed by atoms with van der Waals surface area (Å²) in [5.74, 6) is 12.2. The highest BCUT2D eigenvalue weighted by Gasteiger charge is 2.03. The van der Waals surface area contributed by atoms with Crippen LogP contribution < -0.4 is 0 Å². The Hall–Kier alpha value is -4.36. The molecule has 0 unspecified atom stereocenters. The fourth-order valence-corrected chi connectivity index (χ4v) is 3.53. The number of carboxylic acids is 1. The van der Waals surface area contributed by atoms with Crippen LogP contribution in [-0.4, -0.2) is 34.1 Å². The van der Waals surface area contributed by atoms with Crippen molar-refractivity contribution in [1.82, 2.24) is 9.97 Å². The van der Waals surface area contributed by atoms with E-state index in [1.807, 2.05) is 18.2 Å². The number of hydrogen-bond donors (Lipinski definition) is 1. The number of methoxy groups -OCH3 is 1. The largest absolute Gasteiger partial charge is 0.478 e. The van der Waals surface area contributed by atoms with Gasteiger partial charge in [-0.2, -0.15) is 0 Å². The van der Waals surface area contributed by atoms with E-state index in [4.69, 9.17) is 34.7 Å². The van der Waals surface area contributed by atoms with Gasteiger partial charge in [0, 0.05) is 29.1 Å². The third kappa shape index (κ3) is 13.9. The van der Waals surface area contributed by atoms with Gasteiger partial charge in [-0.15, -0.1) is 6.42 Å². The first-order valence-corrected chi connectivity index (χ1v) is 14.2. The molecule has 2 aromatic carbocycles. The highest BCUT2D eigenvalue weighted by molar-refractivity contribution is 9.28. The number of carbonyl (C=O) groups is 2. The molecule has 4 rings (SSSR count). The van der Waals surface area contributed by atoms with Gasteiger partial charge in [-0.05, 0) is 116 Å². The van der Waals surface area contributed by atoms with E-state index in [1.165, 1.54) is 19.2 Å². The van der Waals surface area contributed by atoms with Crippen LogP contribution in [0.2, 0.25) is 10.3 Å². The molecular formula is C33H20Br2Cl2N2O4. The summed E-state index contributed by atoms with van der Waals surface area (Å²) in [5.41, 5.74) is 3.97. The summed E-state index contributed by atoms with van der Waals surface area (Å²) >= 11 is 17.7. The van der Waals surface area contributed by atoms with Crippen molar-refractivity contribution < 1.29 is 19.4 Å². The number of aromatic nitrogens is 2. The van der Waals surface area contributed by atoms with E-state index < -0.39 is 5.97 Å². The molecule has 6 nitrogen and oxygen atoms in total. The lowest BCUT2D eigenvalue weighted by molar-refractivity contribution is 0.0599. The zero-order valence-electron chi connectivity index (χ0n) is 22.3. The van der Waals surface area contributed by atoms with Crippen LogP contribution in [0.15, 0.2) is 88.6 Å². The molecule has 1 N–H and O–H groups in total. The molecule has 43 heavy (non-hydrogen) atoms. The number of terminal acetylenes is 1. The summed E-state index contributed by atoms with van der Waals surface area (Å²) < 4.78 is 5.44. The van der Waals surface area contributed by atoms with Gasteiger partial charge in [0.15, 0.2) is 0 Å². The van der Waals surface area contributed by atoms with Crippen LogP contribution in [0.1, 0.15) is 43.0 Å². The van der Waals surface area contributed by atoms with Gasteiger partial charge in [0.2, 0.25) is 0 Å². The molecule has 0 spiro atoms. The summed E-state index contributed by atoms with van der Waals surface area (Å²) in [6.45, 7) is 0. The van der Waals surface area contributed by atoms with Gasteiger partial charge in [0.05, 0.1) is 21.6 Å². The first kappa shape index (κ1) is 34.8. The maximum Gasteiger partial charge on any atom is 0.337 e. The molecule has 0 aliphatic rings. The van der Waals surface area contributed by atoms with E-state index in [1.54, 1.807) is 60.9 Å². The van der Waals surface area contributed by atoms with Gasteiger partial charge < -0.3 is 9.84 Å². The van der Waals surface area contributed by atoms with Crippen molar-refractivity contribution >= 4 is 73.1 Å². The van der Waals surface area contributed by atoms with Gasteiger partial charge in [-0.3, -0.25) is 0 Å². The van der Waals surface area contributed by atoms with E-state index in [2.05, 4.69) is 76.2 Å². The van der Waals surface area contributed by atoms with Crippen molar-refractivity contribution in [3.05, 3.63) is 132 Å². The number of nitrogens with zero attached hydrogens (tertiary/aromatic N) is 2. The van der Waals surface area contributed by atoms with Crippen molar-refractivity contribution in [2.45, 2.75) is 0 Å². The Labute approximate surface area is 276 Å². The molecule has 4 aromatic rings. The van der Waals surface area contributed by atoms with Crippen LogP contribution in [-0.2, 0) is 4.74 Å². The van der Waals surface area contributed by atoms with Gasteiger partial charge in [0.1, 0.15) is 10.3 Å². The number of aromatic carboxylic acids is 1.